The first-order valence-corrected chi connectivity index (χ1v) is 6.97. The number of carbonyl (C=O) groups excluding carboxylic acids is 1. The SMILES string of the molecule is O=C(Cc1cccc2c1NCC2)N1CCCCC1. The van der Waals surface area contributed by atoms with Crippen LogP contribution >= 0.6 is 0 Å². The maximum absolute atomic E-state index is 12.3. The minimum atomic E-state index is 0.289. The van der Waals surface area contributed by atoms with E-state index in [0.29, 0.717) is 6.42 Å². The zero-order chi connectivity index (χ0) is 12.4. The maximum atomic E-state index is 12.3. The Morgan fingerprint density at radius 3 is 2.89 bits per heavy atom. The number of nitrogens with zero attached hydrogens (tertiary/aromatic N) is 1. The molecule has 0 saturated carbocycles. The Bertz CT molecular complexity index is 450. The molecule has 0 aliphatic carbocycles. The normalized spacial score (nSPS) is 18.3. The van der Waals surface area contributed by atoms with Crippen LogP contribution in [0.15, 0.2) is 18.2 Å². The summed E-state index contributed by atoms with van der Waals surface area (Å²) in [5.74, 6) is 0.289. The van der Waals surface area contributed by atoms with Crippen molar-refractivity contribution in [2.75, 3.05) is 25.0 Å². The molecule has 0 bridgehead atoms. The summed E-state index contributed by atoms with van der Waals surface area (Å²) in [6.07, 6.45) is 5.23. The van der Waals surface area contributed by atoms with Crippen molar-refractivity contribution in [2.24, 2.45) is 0 Å². The van der Waals surface area contributed by atoms with Gasteiger partial charge in [0.25, 0.3) is 0 Å². The molecule has 2 aliphatic heterocycles. The summed E-state index contributed by atoms with van der Waals surface area (Å²) in [4.78, 5) is 14.3. The number of piperidine rings is 1. The van der Waals surface area contributed by atoms with Crippen LogP contribution in [0.2, 0.25) is 0 Å². The lowest BCUT2D eigenvalue weighted by Crippen LogP contribution is -2.36. The van der Waals surface area contributed by atoms with E-state index in [-0.39, 0.29) is 5.91 Å². The summed E-state index contributed by atoms with van der Waals surface area (Å²) in [5, 5.41) is 3.41. The number of hydrogen-bond donors (Lipinski definition) is 1. The van der Waals surface area contributed by atoms with Crippen molar-refractivity contribution >= 4 is 11.6 Å². The zero-order valence-electron chi connectivity index (χ0n) is 10.7. The van der Waals surface area contributed by atoms with Crippen molar-refractivity contribution in [3.63, 3.8) is 0 Å². The number of hydrogen-bond acceptors (Lipinski definition) is 2. The topological polar surface area (TPSA) is 32.3 Å². The molecule has 1 saturated heterocycles. The van der Waals surface area contributed by atoms with Crippen molar-refractivity contribution in [1.82, 2.24) is 4.90 Å². The monoisotopic (exact) mass is 244 g/mol. The lowest BCUT2D eigenvalue weighted by Gasteiger charge is -2.27. The van der Waals surface area contributed by atoms with Crippen molar-refractivity contribution in [3.8, 4) is 0 Å². The van der Waals surface area contributed by atoms with Crippen LogP contribution in [0, 0.1) is 0 Å². The number of benzene rings is 1. The molecule has 0 atom stereocenters. The average Bonchev–Trinajstić information content (AvgIpc) is 2.89. The van der Waals surface area contributed by atoms with Crippen LogP contribution < -0.4 is 5.32 Å². The molecule has 0 aromatic heterocycles. The quantitative estimate of drug-likeness (QED) is 0.865. The summed E-state index contributed by atoms with van der Waals surface area (Å²) in [5.41, 5.74) is 3.74. The highest BCUT2D eigenvalue weighted by atomic mass is 16.2. The predicted molar refractivity (Wildman–Crippen MR) is 72.8 cm³/mol. The minimum absolute atomic E-state index is 0.289. The highest BCUT2D eigenvalue weighted by molar-refractivity contribution is 5.81. The van der Waals surface area contributed by atoms with Crippen LogP contribution in [0.4, 0.5) is 5.69 Å². The van der Waals surface area contributed by atoms with Crippen LogP contribution in [0.5, 0.6) is 0 Å². The molecule has 96 valence electrons. The summed E-state index contributed by atoms with van der Waals surface area (Å²) < 4.78 is 0. The highest BCUT2D eigenvalue weighted by Gasteiger charge is 2.20. The fourth-order valence-corrected chi connectivity index (χ4v) is 2.98. The standard InChI is InChI=1S/C15H20N2O/c18-14(17-9-2-1-3-10-17)11-13-6-4-5-12-7-8-16-15(12)13/h4-6,16H,1-3,7-11H2. The largest absolute Gasteiger partial charge is 0.384 e. The van der Waals surface area contributed by atoms with Gasteiger partial charge in [-0.3, -0.25) is 4.79 Å². The number of likely N-dealkylation sites (tertiary alicyclic amines) is 1. The summed E-state index contributed by atoms with van der Waals surface area (Å²) in [7, 11) is 0. The molecular formula is C15H20N2O. The van der Waals surface area contributed by atoms with Crippen molar-refractivity contribution in [3.05, 3.63) is 29.3 Å². The van der Waals surface area contributed by atoms with Gasteiger partial charge in [-0.1, -0.05) is 18.2 Å². The molecule has 0 unspecified atom stereocenters. The third-order valence-electron chi connectivity index (χ3n) is 3.98. The number of para-hydroxylation sites is 1. The molecule has 3 heteroatoms. The Morgan fingerprint density at radius 2 is 2.06 bits per heavy atom. The van der Waals surface area contributed by atoms with Crippen molar-refractivity contribution in [2.45, 2.75) is 32.1 Å². The number of anilines is 1. The van der Waals surface area contributed by atoms with Crippen LogP contribution in [0.3, 0.4) is 0 Å². The van der Waals surface area contributed by atoms with E-state index in [2.05, 4.69) is 23.5 Å². The Hall–Kier alpha value is -1.51. The van der Waals surface area contributed by atoms with Gasteiger partial charge in [0.15, 0.2) is 0 Å². The van der Waals surface area contributed by atoms with Gasteiger partial charge in [-0.25, -0.2) is 0 Å². The third kappa shape index (κ3) is 2.22. The molecule has 3 nitrogen and oxygen atoms in total. The van der Waals surface area contributed by atoms with Gasteiger partial charge in [0, 0.05) is 25.3 Å². The van der Waals surface area contributed by atoms with Gasteiger partial charge >= 0.3 is 0 Å². The van der Waals surface area contributed by atoms with Crippen LogP contribution in [0.1, 0.15) is 30.4 Å². The molecule has 0 spiro atoms. The Balaban J connectivity index is 1.72. The first-order chi connectivity index (χ1) is 8.84. The van der Waals surface area contributed by atoms with Crippen LogP contribution in [-0.4, -0.2) is 30.4 Å². The minimum Gasteiger partial charge on any atom is -0.384 e. The molecule has 1 aromatic rings. The van der Waals surface area contributed by atoms with E-state index in [1.54, 1.807) is 0 Å². The van der Waals surface area contributed by atoms with Gasteiger partial charge in [0.2, 0.25) is 5.91 Å². The molecular weight excluding hydrogens is 224 g/mol. The van der Waals surface area contributed by atoms with Crippen LogP contribution in [0.25, 0.3) is 0 Å². The lowest BCUT2D eigenvalue weighted by molar-refractivity contribution is -0.131. The fraction of sp³-hybridized carbons (Fsp3) is 0.533. The Morgan fingerprint density at radius 1 is 1.22 bits per heavy atom. The average molecular weight is 244 g/mol. The molecule has 1 N–H and O–H groups in total. The van der Waals surface area contributed by atoms with Crippen LogP contribution in [-0.2, 0) is 17.6 Å². The fourth-order valence-electron chi connectivity index (χ4n) is 2.98. The molecule has 1 aromatic carbocycles. The molecule has 18 heavy (non-hydrogen) atoms. The molecule has 3 rings (SSSR count). The smallest absolute Gasteiger partial charge is 0.227 e. The summed E-state index contributed by atoms with van der Waals surface area (Å²) in [6.45, 7) is 2.90. The van der Waals surface area contributed by atoms with Crippen molar-refractivity contribution in [1.29, 1.82) is 0 Å². The van der Waals surface area contributed by atoms with Gasteiger partial charge in [0.05, 0.1) is 6.42 Å². The Labute approximate surface area is 108 Å². The first kappa shape index (κ1) is 11.6. The van der Waals surface area contributed by atoms with Gasteiger partial charge < -0.3 is 10.2 Å². The lowest BCUT2D eigenvalue weighted by atomic mass is 10.0. The number of rotatable bonds is 2. The maximum Gasteiger partial charge on any atom is 0.227 e. The number of fused-ring (bicyclic) bond motifs is 1. The molecule has 0 radical (unpaired) electrons. The molecule has 1 amide bonds. The van der Waals surface area contributed by atoms with Gasteiger partial charge in [0.1, 0.15) is 0 Å². The summed E-state index contributed by atoms with van der Waals surface area (Å²) >= 11 is 0. The number of amides is 1. The molecule has 1 fully saturated rings. The van der Waals surface area contributed by atoms with E-state index in [0.717, 1.165) is 38.9 Å². The first-order valence-electron chi connectivity index (χ1n) is 6.97. The van der Waals surface area contributed by atoms with E-state index >= 15 is 0 Å². The second kappa shape index (κ2) is 5.01. The van der Waals surface area contributed by atoms with E-state index in [4.69, 9.17) is 0 Å². The van der Waals surface area contributed by atoms with Gasteiger partial charge in [-0.15, -0.1) is 0 Å². The second-order valence-electron chi connectivity index (χ2n) is 5.25. The molecule has 2 aliphatic rings. The third-order valence-corrected chi connectivity index (χ3v) is 3.98. The molecule has 2 heterocycles. The van der Waals surface area contributed by atoms with Gasteiger partial charge in [-0.2, -0.15) is 0 Å². The van der Waals surface area contributed by atoms with Gasteiger partial charge in [-0.05, 0) is 36.8 Å². The Kier molecular flexibility index (Phi) is 3.22. The number of nitrogens with one attached hydrogen (secondary N) is 1. The zero-order valence-corrected chi connectivity index (χ0v) is 10.7. The predicted octanol–water partition coefficient (Wildman–Crippen LogP) is 2.21. The van der Waals surface area contributed by atoms with Crippen molar-refractivity contribution < 1.29 is 4.79 Å². The van der Waals surface area contributed by atoms with E-state index in [1.807, 2.05) is 4.90 Å². The number of carbonyl (C=O) groups is 1. The van der Waals surface area contributed by atoms with E-state index in [1.165, 1.54) is 23.2 Å². The van der Waals surface area contributed by atoms with E-state index < -0.39 is 0 Å². The highest BCUT2D eigenvalue weighted by Crippen LogP contribution is 2.27. The second-order valence-corrected chi connectivity index (χ2v) is 5.25. The summed E-state index contributed by atoms with van der Waals surface area (Å²) in [6, 6.07) is 6.31. The van der Waals surface area contributed by atoms with E-state index in [9.17, 15) is 4.79 Å².